The lowest BCUT2D eigenvalue weighted by Crippen LogP contribution is -2.26. The van der Waals surface area contributed by atoms with Crippen molar-refractivity contribution in [2.24, 2.45) is 0 Å². The molecule has 0 aliphatic carbocycles. The Bertz CT molecular complexity index is 661. The highest BCUT2D eigenvalue weighted by Crippen LogP contribution is 2.44. The van der Waals surface area contributed by atoms with Crippen LogP contribution in [0.1, 0.15) is 26.7 Å². The Morgan fingerprint density at radius 2 is 1.54 bits per heavy atom. The van der Waals surface area contributed by atoms with Crippen molar-refractivity contribution in [2.45, 2.75) is 26.7 Å². The lowest BCUT2D eigenvalue weighted by Gasteiger charge is -2.24. The number of nitrogens with zero attached hydrogens (tertiary/aromatic N) is 3. The third kappa shape index (κ3) is 3.75. The van der Waals surface area contributed by atoms with Crippen LogP contribution in [0.5, 0.6) is 17.2 Å². The third-order valence-electron chi connectivity index (χ3n) is 3.70. The van der Waals surface area contributed by atoms with Gasteiger partial charge in [0.05, 0.1) is 26.7 Å². The zero-order valence-corrected chi connectivity index (χ0v) is 15.8. The fourth-order valence-electron chi connectivity index (χ4n) is 2.77. The number of anilines is 1. The summed E-state index contributed by atoms with van der Waals surface area (Å²) in [7, 11) is 4.81. The van der Waals surface area contributed by atoms with E-state index in [2.05, 4.69) is 28.7 Å². The van der Waals surface area contributed by atoms with Gasteiger partial charge in [-0.3, -0.25) is 0 Å². The van der Waals surface area contributed by atoms with Crippen LogP contribution in [0.15, 0.2) is 12.4 Å². The largest absolute Gasteiger partial charge is 0.493 e. The Hall–Kier alpha value is -1.95. The highest BCUT2D eigenvalue weighted by Gasteiger charge is 2.21. The summed E-state index contributed by atoms with van der Waals surface area (Å²) in [6, 6.07) is 1.92. The Morgan fingerprint density at radius 1 is 0.917 bits per heavy atom. The van der Waals surface area contributed by atoms with Crippen molar-refractivity contribution in [3.8, 4) is 17.2 Å². The summed E-state index contributed by atoms with van der Waals surface area (Å²) in [6.07, 6.45) is 3.68. The molecule has 0 spiro atoms. The van der Waals surface area contributed by atoms with Crippen molar-refractivity contribution < 1.29 is 14.2 Å². The van der Waals surface area contributed by atoms with E-state index in [1.54, 1.807) is 27.7 Å². The molecule has 0 amide bonds. The van der Waals surface area contributed by atoms with E-state index in [-0.39, 0.29) is 12.4 Å². The summed E-state index contributed by atoms with van der Waals surface area (Å²) >= 11 is 0. The third-order valence-corrected chi connectivity index (χ3v) is 3.70. The molecule has 0 N–H and O–H groups in total. The summed E-state index contributed by atoms with van der Waals surface area (Å²) in [5.41, 5.74) is 0.729. The lowest BCUT2D eigenvalue weighted by molar-refractivity contribution is 0.327. The molecule has 0 saturated carbocycles. The molecular formula is C17H26ClN3O3. The van der Waals surface area contributed by atoms with Crippen LogP contribution in [-0.2, 0) is 0 Å². The predicted molar refractivity (Wildman–Crippen MR) is 99.2 cm³/mol. The maximum atomic E-state index is 5.53. The maximum Gasteiger partial charge on any atom is 0.205 e. The van der Waals surface area contributed by atoms with Crippen molar-refractivity contribution in [1.82, 2.24) is 9.97 Å². The minimum atomic E-state index is 0. The van der Waals surface area contributed by atoms with E-state index in [1.165, 1.54) is 0 Å². The maximum absolute atomic E-state index is 5.53. The average Bonchev–Trinajstić information content (AvgIpc) is 2.59. The van der Waals surface area contributed by atoms with Gasteiger partial charge in [0.15, 0.2) is 11.5 Å². The molecule has 0 fully saturated rings. The topological polar surface area (TPSA) is 56.7 Å². The van der Waals surface area contributed by atoms with Gasteiger partial charge in [0, 0.05) is 13.1 Å². The van der Waals surface area contributed by atoms with E-state index in [0.717, 1.165) is 42.7 Å². The van der Waals surface area contributed by atoms with Crippen LogP contribution >= 0.6 is 12.4 Å². The highest BCUT2D eigenvalue weighted by molar-refractivity contribution is 5.97. The number of halogens is 1. The predicted octanol–water partition coefficient (Wildman–Crippen LogP) is 3.70. The summed E-state index contributed by atoms with van der Waals surface area (Å²) in [4.78, 5) is 11.2. The summed E-state index contributed by atoms with van der Waals surface area (Å²) in [5, 5.41) is 0.906. The molecule has 0 radical (unpaired) electrons. The zero-order chi connectivity index (χ0) is 16.8. The number of aromatic nitrogens is 2. The fraction of sp³-hybridized carbons (Fsp3) is 0.529. The van der Waals surface area contributed by atoms with Crippen molar-refractivity contribution in [3.05, 3.63) is 12.4 Å². The molecule has 6 nitrogen and oxygen atoms in total. The Balaban J connectivity index is 0.00000288. The molecule has 0 atom stereocenters. The second kappa shape index (κ2) is 9.37. The molecule has 1 heterocycles. The Labute approximate surface area is 149 Å². The first-order valence-electron chi connectivity index (χ1n) is 7.90. The zero-order valence-electron chi connectivity index (χ0n) is 15.0. The van der Waals surface area contributed by atoms with Gasteiger partial charge in [0.1, 0.15) is 17.7 Å². The van der Waals surface area contributed by atoms with Gasteiger partial charge in [0.2, 0.25) is 5.75 Å². The number of methoxy groups -OCH3 is 3. The van der Waals surface area contributed by atoms with E-state index in [0.29, 0.717) is 17.2 Å². The first kappa shape index (κ1) is 20.1. The molecule has 0 aliphatic heterocycles. The minimum absolute atomic E-state index is 0. The molecule has 2 rings (SSSR count). The van der Waals surface area contributed by atoms with Crippen molar-refractivity contribution >= 4 is 29.1 Å². The van der Waals surface area contributed by atoms with Crippen LogP contribution in [0, 0.1) is 0 Å². The molecule has 0 saturated heterocycles. The summed E-state index contributed by atoms with van der Waals surface area (Å²) in [6.45, 7) is 6.21. The molecule has 134 valence electrons. The van der Waals surface area contributed by atoms with Gasteiger partial charge in [-0.15, -0.1) is 12.4 Å². The molecule has 0 bridgehead atoms. The first-order chi connectivity index (χ1) is 11.2. The van der Waals surface area contributed by atoms with Gasteiger partial charge in [-0.05, 0) is 18.9 Å². The fourth-order valence-corrected chi connectivity index (χ4v) is 2.77. The normalized spacial score (nSPS) is 10.2. The van der Waals surface area contributed by atoms with Gasteiger partial charge < -0.3 is 19.1 Å². The van der Waals surface area contributed by atoms with Gasteiger partial charge in [-0.1, -0.05) is 13.8 Å². The van der Waals surface area contributed by atoms with Crippen LogP contribution in [0.3, 0.4) is 0 Å². The monoisotopic (exact) mass is 355 g/mol. The SMILES string of the molecule is CCCN(CCC)c1ncnc2c(OC)c(OC)c(OC)cc12.Cl. The first-order valence-corrected chi connectivity index (χ1v) is 7.90. The van der Waals surface area contributed by atoms with Crippen LogP contribution in [0.4, 0.5) is 5.82 Å². The number of hydrogen-bond acceptors (Lipinski definition) is 6. The van der Waals surface area contributed by atoms with Gasteiger partial charge in [0.25, 0.3) is 0 Å². The number of benzene rings is 1. The lowest BCUT2D eigenvalue weighted by atomic mass is 10.1. The molecule has 2 aromatic rings. The molecule has 0 aliphatic rings. The number of fused-ring (bicyclic) bond motifs is 1. The van der Waals surface area contributed by atoms with Crippen LogP contribution in [0.25, 0.3) is 10.9 Å². The van der Waals surface area contributed by atoms with Crippen molar-refractivity contribution in [3.63, 3.8) is 0 Å². The molecule has 0 unspecified atom stereocenters. The summed E-state index contributed by atoms with van der Waals surface area (Å²) < 4.78 is 16.4. The van der Waals surface area contributed by atoms with Crippen LogP contribution in [-0.4, -0.2) is 44.4 Å². The average molecular weight is 356 g/mol. The Kier molecular flexibility index (Phi) is 7.85. The smallest absolute Gasteiger partial charge is 0.205 e. The molecular weight excluding hydrogens is 330 g/mol. The molecule has 1 aromatic heterocycles. The molecule has 24 heavy (non-hydrogen) atoms. The second-order valence-electron chi connectivity index (χ2n) is 5.23. The van der Waals surface area contributed by atoms with E-state index in [4.69, 9.17) is 14.2 Å². The quantitative estimate of drug-likeness (QED) is 0.719. The minimum Gasteiger partial charge on any atom is -0.493 e. The van der Waals surface area contributed by atoms with Crippen LogP contribution in [0.2, 0.25) is 0 Å². The second-order valence-corrected chi connectivity index (χ2v) is 5.23. The highest BCUT2D eigenvalue weighted by atomic mass is 35.5. The Morgan fingerprint density at radius 3 is 2.04 bits per heavy atom. The van der Waals surface area contributed by atoms with E-state index < -0.39 is 0 Å². The van der Waals surface area contributed by atoms with E-state index in [1.807, 2.05) is 6.07 Å². The molecule has 1 aromatic carbocycles. The van der Waals surface area contributed by atoms with Gasteiger partial charge >= 0.3 is 0 Å². The van der Waals surface area contributed by atoms with Crippen molar-refractivity contribution in [2.75, 3.05) is 39.3 Å². The van der Waals surface area contributed by atoms with Crippen molar-refractivity contribution in [1.29, 1.82) is 0 Å². The standard InChI is InChI=1S/C17H25N3O3.ClH/c1-6-8-20(9-7-2)17-12-10-13(21-3)15(22-4)16(23-5)14(12)18-11-19-17;/h10-11H,6-9H2,1-5H3;1H. The number of ether oxygens (including phenoxy) is 3. The van der Waals surface area contributed by atoms with Gasteiger partial charge in [-0.2, -0.15) is 0 Å². The number of rotatable bonds is 8. The van der Waals surface area contributed by atoms with Gasteiger partial charge in [-0.25, -0.2) is 9.97 Å². The number of hydrogen-bond donors (Lipinski definition) is 0. The van der Waals surface area contributed by atoms with Crippen LogP contribution < -0.4 is 19.1 Å². The van der Waals surface area contributed by atoms with E-state index in [9.17, 15) is 0 Å². The summed E-state index contributed by atoms with van der Waals surface area (Å²) in [5.74, 6) is 2.63. The van der Waals surface area contributed by atoms with E-state index >= 15 is 0 Å². The molecule has 7 heteroatoms.